The molecule has 0 spiro atoms. The van der Waals surface area contributed by atoms with Crippen LogP contribution in [-0.2, 0) is 19.3 Å². The molecular formula is C49H88O4. The van der Waals surface area contributed by atoms with Gasteiger partial charge in [-0.3, -0.25) is 0 Å². The molecule has 0 radical (unpaired) electrons. The Bertz CT molecular complexity index is 1010. The molecule has 0 fully saturated rings. The molecule has 0 aliphatic heterocycles. The Morgan fingerprint density at radius 3 is 0.906 bits per heavy atom. The minimum Gasteiger partial charge on any atom is -0.478 e. The Labute approximate surface area is 329 Å². The quantitative estimate of drug-likeness (QED) is 0.0657. The van der Waals surface area contributed by atoms with Crippen LogP contribution in [-0.4, -0.2) is 22.2 Å². The van der Waals surface area contributed by atoms with E-state index in [0.717, 1.165) is 55.2 Å². The monoisotopic (exact) mass is 741 g/mol. The number of rotatable bonds is 40. The zero-order valence-electron chi connectivity index (χ0n) is 35.7. The zero-order chi connectivity index (χ0) is 38.6. The average Bonchev–Trinajstić information content (AvgIpc) is 3.14. The van der Waals surface area contributed by atoms with Crippen molar-refractivity contribution < 1.29 is 19.8 Å². The van der Waals surface area contributed by atoms with Crippen molar-refractivity contribution in [1.82, 2.24) is 0 Å². The number of benzene rings is 1. The summed E-state index contributed by atoms with van der Waals surface area (Å²) in [6.45, 7) is 6.80. The van der Waals surface area contributed by atoms with Crippen molar-refractivity contribution in [2.75, 3.05) is 0 Å². The molecule has 1 rings (SSSR count). The number of unbranched alkanes of at least 4 members (excludes halogenated alkanes) is 32. The second-order valence-corrected chi connectivity index (χ2v) is 16.6. The van der Waals surface area contributed by atoms with Gasteiger partial charge >= 0.3 is 11.9 Å². The summed E-state index contributed by atoms with van der Waals surface area (Å²) < 4.78 is 0. The van der Waals surface area contributed by atoms with E-state index in [1.807, 2.05) is 0 Å². The lowest BCUT2D eigenvalue weighted by Crippen LogP contribution is -2.16. The third-order valence-corrected chi connectivity index (χ3v) is 11.7. The van der Waals surface area contributed by atoms with Gasteiger partial charge in [-0.15, -0.1) is 0 Å². The first-order chi connectivity index (χ1) is 26.0. The van der Waals surface area contributed by atoms with E-state index in [9.17, 15) is 19.8 Å². The predicted octanol–water partition coefficient (Wildman–Crippen LogP) is 16.4. The maximum Gasteiger partial charge on any atom is 0.336 e. The van der Waals surface area contributed by atoms with Crippen molar-refractivity contribution in [2.24, 2.45) is 0 Å². The fourth-order valence-corrected chi connectivity index (χ4v) is 8.32. The summed E-state index contributed by atoms with van der Waals surface area (Å²) in [4.78, 5) is 25.6. The first-order valence-electron chi connectivity index (χ1n) is 23.6. The van der Waals surface area contributed by atoms with Crippen LogP contribution in [0.5, 0.6) is 0 Å². The number of aryl methyl sites for hydroxylation is 1. The van der Waals surface area contributed by atoms with Gasteiger partial charge in [-0.25, -0.2) is 9.59 Å². The van der Waals surface area contributed by atoms with Gasteiger partial charge in [0, 0.05) is 0 Å². The van der Waals surface area contributed by atoms with E-state index in [4.69, 9.17) is 0 Å². The number of carboxylic acid groups (broad SMARTS) is 2. The van der Waals surface area contributed by atoms with E-state index in [1.54, 1.807) is 6.07 Å². The number of hydrogen-bond donors (Lipinski definition) is 2. The Balaban J connectivity index is 2.79. The lowest BCUT2D eigenvalue weighted by molar-refractivity contribution is 0.0677. The zero-order valence-corrected chi connectivity index (χ0v) is 35.7. The molecule has 0 heterocycles. The molecule has 0 saturated carbocycles. The summed E-state index contributed by atoms with van der Waals surface area (Å²) >= 11 is 0. The fraction of sp³-hybridized carbons (Fsp3) is 0.837. The van der Waals surface area contributed by atoms with E-state index >= 15 is 0 Å². The summed E-state index contributed by atoms with van der Waals surface area (Å²) in [6, 6.07) is 1.75. The third-order valence-electron chi connectivity index (χ3n) is 11.7. The average molecular weight is 741 g/mol. The molecule has 2 N–H and O–H groups in total. The van der Waals surface area contributed by atoms with Crippen molar-refractivity contribution in [3.63, 3.8) is 0 Å². The molecular weight excluding hydrogens is 653 g/mol. The van der Waals surface area contributed by atoms with Gasteiger partial charge < -0.3 is 10.2 Å². The van der Waals surface area contributed by atoms with Crippen LogP contribution in [0.1, 0.15) is 283 Å². The van der Waals surface area contributed by atoms with Crippen LogP contribution >= 0.6 is 0 Å². The highest BCUT2D eigenvalue weighted by molar-refractivity contribution is 5.96. The van der Waals surface area contributed by atoms with E-state index in [1.165, 1.54) is 186 Å². The van der Waals surface area contributed by atoms with Gasteiger partial charge in [0.2, 0.25) is 0 Å². The van der Waals surface area contributed by atoms with Crippen LogP contribution in [0.3, 0.4) is 0 Å². The number of carboxylic acids is 2. The lowest BCUT2D eigenvalue weighted by Gasteiger charge is -2.20. The van der Waals surface area contributed by atoms with E-state index < -0.39 is 11.9 Å². The van der Waals surface area contributed by atoms with Gasteiger partial charge in [0.25, 0.3) is 0 Å². The van der Waals surface area contributed by atoms with Crippen molar-refractivity contribution in [3.05, 3.63) is 33.9 Å². The van der Waals surface area contributed by atoms with Crippen molar-refractivity contribution in [2.45, 2.75) is 265 Å². The Hall–Kier alpha value is -1.84. The molecule has 1 aromatic carbocycles. The molecule has 53 heavy (non-hydrogen) atoms. The number of aromatic carboxylic acids is 2. The molecule has 0 unspecified atom stereocenters. The van der Waals surface area contributed by atoms with Gasteiger partial charge in [-0.05, 0) is 61.3 Å². The predicted molar refractivity (Wildman–Crippen MR) is 230 cm³/mol. The Morgan fingerprint density at radius 2 is 0.623 bits per heavy atom. The largest absolute Gasteiger partial charge is 0.478 e. The molecule has 308 valence electrons. The lowest BCUT2D eigenvalue weighted by atomic mass is 9.84. The van der Waals surface area contributed by atoms with Gasteiger partial charge in [0.15, 0.2) is 0 Å². The summed E-state index contributed by atoms with van der Waals surface area (Å²) in [6.07, 6.45) is 46.0. The molecule has 0 aromatic heterocycles. The van der Waals surface area contributed by atoms with Crippen molar-refractivity contribution >= 4 is 11.9 Å². The second-order valence-electron chi connectivity index (χ2n) is 16.6. The summed E-state index contributed by atoms with van der Waals surface area (Å²) in [5, 5.41) is 21.0. The highest BCUT2D eigenvalue weighted by atomic mass is 16.4. The van der Waals surface area contributed by atoms with E-state index in [2.05, 4.69) is 20.8 Å². The van der Waals surface area contributed by atoms with E-state index in [-0.39, 0.29) is 0 Å². The van der Waals surface area contributed by atoms with Crippen LogP contribution in [0.25, 0.3) is 0 Å². The molecule has 4 heteroatoms. The summed E-state index contributed by atoms with van der Waals surface area (Å²) in [7, 11) is 0. The number of hydrogen-bond acceptors (Lipinski definition) is 2. The van der Waals surface area contributed by atoms with Crippen LogP contribution in [0.2, 0.25) is 0 Å². The molecule has 0 bridgehead atoms. The number of carbonyl (C=O) groups is 2. The summed E-state index contributed by atoms with van der Waals surface area (Å²) in [5.74, 6) is -1.77. The van der Waals surface area contributed by atoms with Gasteiger partial charge in [-0.1, -0.05) is 226 Å². The minimum absolute atomic E-state index is 0.366. The molecule has 4 nitrogen and oxygen atoms in total. The maximum absolute atomic E-state index is 12.9. The van der Waals surface area contributed by atoms with E-state index in [0.29, 0.717) is 30.4 Å². The molecule has 0 aliphatic rings. The van der Waals surface area contributed by atoms with Crippen LogP contribution in [0.15, 0.2) is 6.07 Å². The summed E-state index contributed by atoms with van der Waals surface area (Å²) in [5.41, 5.74) is 3.19. The van der Waals surface area contributed by atoms with Crippen LogP contribution in [0, 0.1) is 0 Å². The Kier molecular flexibility index (Phi) is 33.3. The Morgan fingerprint density at radius 1 is 0.358 bits per heavy atom. The van der Waals surface area contributed by atoms with Crippen molar-refractivity contribution in [3.8, 4) is 0 Å². The molecule has 0 saturated heterocycles. The first-order valence-corrected chi connectivity index (χ1v) is 23.6. The standard InChI is InChI=1S/C49H88O4/c1-4-7-10-13-16-19-22-23-26-28-31-34-37-40-44-45(41-38-35-32-29-25-21-18-15-12-9-6-3)47(49(52)53)43(42-46(44)48(50)51)39-36-33-30-27-24-20-17-14-11-8-5-2/h42H,4-41H2,1-3H3,(H,50,51)(H,52,53). The second kappa shape index (κ2) is 35.8. The van der Waals surface area contributed by atoms with Gasteiger partial charge in [0.1, 0.15) is 0 Å². The minimum atomic E-state index is -0.896. The molecule has 0 amide bonds. The first kappa shape index (κ1) is 49.2. The topological polar surface area (TPSA) is 74.6 Å². The molecule has 0 aliphatic carbocycles. The van der Waals surface area contributed by atoms with Crippen LogP contribution < -0.4 is 0 Å². The third kappa shape index (κ3) is 25.8. The maximum atomic E-state index is 12.9. The smallest absolute Gasteiger partial charge is 0.336 e. The SMILES string of the molecule is CCCCCCCCCCCCCCCc1c(C(=O)O)cc(CCCCCCCCCCCCC)c(C(=O)O)c1CCCCCCCCCCCCC. The van der Waals surface area contributed by atoms with Crippen LogP contribution in [0.4, 0.5) is 0 Å². The fourth-order valence-electron chi connectivity index (χ4n) is 8.32. The highest BCUT2D eigenvalue weighted by Crippen LogP contribution is 2.30. The van der Waals surface area contributed by atoms with Gasteiger partial charge in [-0.2, -0.15) is 0 Å². The van der Waals surface area contributed by atoms with Gasteiger partial charge in [0.05, 0.1) is 11.1 Å². The van der Waals surface area contributed by atoms with Crippen molar-refractivity contribution in [1.29, 1.82) is 0 Å². The normalized spacial score (nSPS) is 11.5. The highest BCUT2D eigenvalue weighted by Gasteiger charge is 2.24. The molecule has 0 atom stereocenters. The molecule has 1 aromatic rings.